The van der Waals surface area contributed by atoms with E-state index in [1.54, 1.807) is 6.07 Å². The Labute approximate surface area is 123 Å². The molecule has 0 amide bonds. The van der Waals surface area contributed by atoms with Crippen LogP contribution >= 0.6 is 23.2 Å². The van der Waals surface area contributed by atoms with Gasteiger partial charge in [-0.15, -0.1) is 0 Å². The third kappa shape index (κ3) is 3.04. The molecule has 0 atom stereocenters. The van der Waals surface area contributed by atoms with Crippen LogP contribution in [0, 0.1) is 12.8 Å². The van der Waals surface area contributed by atoms with Crippen LogP contribution in [0.5, 0.6) is 0 Å². The summed E-state index contributed by atoms with van der Waals surface area (Å²) in [4.78, 5) is 4.54. The minimum absolute atomic E-state index is 0.506. The minimum Gasteiger partial charge on any atom is -0.383 e. The molecule has 0 bridgehead atoms. The highest BCUT2D eigenvalue weighted by Crippen LogP contribution is 2.31. The van der Waals surface area contributed by atoms with Gasteiger partial charge in [0.05, 0.1) is 0 Å². The van der Waals surface area contributed by atoms with Crippen LogP contribution in [0.15, 0.2) is 18.2 Å². The molecule has 19 heavy (non-hydrogen) atoms. The predicted molar refractivity (Wildman–Crippen MR) is 81.7 cm³/mol. The Hall–Kier alpha value is -1.19. The first kappa shape index (κ1) is 14.2. The van der Waals surface area contributed by atoms with E-state index in [2.05, 4.69) is 18.8 Å². The summed E-state index contributed by atoms with van der Waals surface area (Å²) in [5.74, 6) is 2.06. The maximum absolute atomic E-state index is 6.20. The fourth-order valence-electron chi connectivity index (χ4n) is 2.08. The molecule has 0 saturated heterocycles. The highest BCUT2D eigenvalue weighted by Gasteiger charge is 2.15. The van der Waals surface area contributed by atoms with Gasteiger partial charge in [0.2, 0.25) is 0 Å². The zero-order chi connectivity index (χ0) is 14.2. The fourth-order valence-corrected chi connectivity index (χ4v) is 2.61. The van der Waals surface area contributed by atoms with Crippen LogP contribution < -0.4 is 5.73 Å². The maximum Gasteiger partial charge on any atom is 0.131 e. The Morgan fingerprint density at radius 3 is 2.32 bits per heavy atom. The van der Waals surface area contributed by atoms with Crippen molar-refractivity contribution in [3.63, 3.8) is 0 Å². The molecule has 5 heteroatoms. The predicted octanol–water partition coefficient (Wildman–Crippen LogP) is 4.40. The second kappa shape index (κ2) is 5.43. The standard InChI is InChI=1S/C14H17Cl2N3/c1-8(2)7-19-9(3)18-13(14(19)17)10-4-11(15)6-12(16)5-10/h4-6,8H,7,17H2,1-3H3. The molecule has 0 saturated carbocycles. The van der Waals surface area contributed by atoms with E-state index in [0.717, 1.165) is 23.6 Å². The van der Waals surface area contributed by atoms with E-state index in [1.165, 1.54) is 0 Å². The first-order valence-corrected chi connectivity index (χ1v) is 6.93. The van der Waals surface area contributed by atoms with Crippen molar-refractivity contribution in [1.82, 2.24) is 9.55 Å². The van der Waals surface area contributed by atoms with Gasteiger partial charge in [-0.2, -0.15) is 0 Å². The normalized spacial score (nSPS) is 11.3. The molecule has 2 aromatic rings. The van der Waals surface area contributed by atoms with Crippen molar-refractivity contribution in [2.24, 2.45) is 5.92 Å². The summed E-state index contributed by atoms with van der Waals surface area (Å²) in [5, 5.41) is 1.16. The molecule has 0 unspecified atom stereocenters. The summed E-state index contributed by atoms with van der Waals surface area (Å²) >= 11 is 12.0. The SMILES string of the molecule is Cc1nc(-c2cc(Cl)cc(Cl)c2)c(N)n1CC(C)C. The molecule has 0 fully saturated rings. The van der Waals surface area contributed by atoms with E-state index in [4.69, 9.17) is 28.9 Å². The van der Waals surface area contributed by atoms with Crippen LogP contribution in [-0.4, -0.2) is 9.55 Å². The smallest absolute Gasteiger partial charge is 0.131 e. The molecule has 102 valence electrons. The lowest BCUT2D eigenvalue weighted by Gasteiger charge is -2.10. The van der Waals surface area contributed by atoms with Crippen molar-refractivity contribution in [1.29, 1.82) is 0 Å². The molecular weight excluding hydrogens is 281 g/mol. The molecule has 0 radical (unpaired) electrons. The first-order valence-electron chi connectivity index (χ1n) is 6.17. The van der Waals surface area contributed by atoms with Gasteiger partial charge in [0.1, 0.15) is 17.3 Å². The average molecular weight is 298 g/mol. The van der Waals surface area contributed by atoms with E-state index in [1.807, 2.05) is 23.6 Å². The molecule has 0 aliphatic heterocycles. The summed E-state index contributed by atoms with van der Waals surface area (Å²) < 4.78 is 2.02. The monoisotopic (exact) mass is 297 g/mol. The number of benzene rings is 1. The molecule has 1 heterocycles. The lowest BCUT2D eigenvalue weighted by atomic mass is 10.1. The Kier molecular flexibility index (Phi) is 4.07. The molecule has 3 nitrogen and oxygen atoms in total. The van der Waals surface area contributed by atoms with Crippen molar-refractivity contribution >= 4 is 29.0 Å². The van der Waals surface area contributed by atoms with Crippen molar-refractivity contribution in [3.05, 3.63) is 34.1 Å². The van der Waals surface area contributed by atoms with Gasteiger partial charge in [0, 0.05) is 22.2 Å². The Balaban J connectivity index is 2.51. The van der Waals surface area contributed by atoms with Crippen LogP contribution in [0.1, 0.15) is 19.7 Å². The van der Waals surface area contributed by atoms with E-state index >= 15 is 0 Å². The molecule has 0 aliphatic carbocycles. The van der Waals surface area contributed by atoms with Gasteiger partial charge < -0.3 is 10.3 Å². The van der Waals surface area contributed by atoms with Crippen molar-refractivity contribution in [2.75, 3.05) is 5.73 Å². The summed E-state index contributed by atoms with van der Waals surface area (Å²) in [6, 6.07) is 5.34. The summed E-state index contributed by atoms with van der Waals surface area (Å²) in [7, 11) is 0. The molecule has 0 aliphatic rings. The van der Waals surface area contributed by atoms with Gasteiger partial charge >= 0.3 is 0 Å². The van der Waals surface area contributed by atoms with Crippen molar-refractivity contribution < 1.29 is 0 Å². The third-order valence-electron chi connectivity index (χ3n) is 2.88. The Bertz CT molecular complexity index is 583. The molecule has 0 spiro atoms. The number of aromatic nitrogens is 2. The number of nitrogen functional groups attached to an aromatic ring is 1. The van der Waals surface area contributed by atoms with Gasteiger partial charge in [0.25, 0.3) is 0 Å². The van der Waals surface area contributed by atoms with Crippen LogP contribution in [0.3, 0.4) is 0 Å². The molecule has 1 aromatic heterocycles. The van der Waals surface area contributed by atoms with Crippen LogP contribution in [0.4, 0.5) is 5.82 Å². The number of rotatable bonds is 3. The van der Waals surface area contributed by atoms with Crippen LogP contribution in [-0.2, 0) is 6.54 Å². The highest BCUT2D eigenvalue weighted by atomic mass is 35.5. The molecule has 2 rings (SSSR count). The number of halogens is 2. The third-order valence-corrected chi connectivity index (χ3v) is 3.32. The zero-order valence-corrected chi connectivity index (χ0v) is 12.8. The first-order chi connectivity index (χ1) is 8.88. The number of anilines is 1. The molecule has 1 aromatic carbocycles. The Morgan fingerprint density at radius 1 is 1.21 bits per heavy atom. The molecular formula is C14H17Cl2N3. The number of imidazole rings is 1. The minimum atomic E-state index is 0.506. The topological polar surface area (TPSA) is 43.8 Å². The number of nitrogens with zero attached hydrogens (tertiary/aromatic N) is 2. The van der Waals surface area contributed by atoms with Gasteiger partial charge in [-0.3, -0.25) is 0 Å². The second-order valence-corrected chi connectivity index (χ2v) is 5.93. The van der Waals surface area contributed by atoms with E-state index < -0.39 is 0 Å². The number of hydrogen-bond acceptors (Lipinski definition) is 2. The van der Waals surface area contributed by atoms with E-state index in [0.29, 0.717) is 21.8 Å². The maximum atomic E-state index is 6.20. The quantitative estimate of drug-likeness (QED) is 0.912. The lowest BCUT2D eigenvalue weighted by molar-refractivity contribution is 0.518. The number of aryl methyl sites for hydroxylation is 1. The van der Waals surface area contributed by atoms with Gasteiger partial charge in [-0.05, 0) is 31.0 Å². The van der Waals surface area contributed by atoms with Gasteiger partial charge in [0.15, 0.2) is 0 Å². The fraction of sp³-hybridized carbons (Fsp3) is 0.357. The van der Waals surface area contributed by atoms with E-state index in [9.17, 15) is 0 Å². The average Bonchev–Trinajstić information content (AvgIpc) is 2.55. The second-order valence-electron chi connectivity index (χ2n) is 5.06. The van der Waals surface area contributed by atoms with Gasteiger partial charge in [-0.25, -0.2) is 4.98 Å². The van der Waals surface area contributed by atoms with Crippen LogP contribution in [0.2, 0.25) is 10.0 Å². The highest BCUT2D eigenvalue weighted by molar-refractivity contribution is 6.35. The lowest BCUT2D eigenvalue weighted by Crippen LogP contribution is -2.09. The molecule has 2 N–H and O–H groups in total. The zero-order valence-electron chi connectivity index (χ0n) is 11.2. The number of nitrogens with two attached hydrogens (primary N) is 1. The van der Waals surface area contributed by atoms with Gasteiger partial charge in [-0.1, -0.05) is 37.0 Å². The number of hydrogen-bond donors (Lipinski definition) is 1. The van der Waals surface area contributed by atoms with Crippen LogP contribution in [0.25, 0.3) is 11.3 Å². The van der Waals surface area contributed by atoms with Crippen molar-refractivity contribution in [3.8, 4) is 11.3 Å². The summed E-state index contributed by atoms with van der Waals surface area (Å²) in [5.41, 5.74) is 7.79. The largest absolute Gasteiger partial charge is 0.383 e. The summed E-state index contributed by atoms with van der Waals surface area (Å²) in [6.07, 6.45) is 0. The van der Waals surface area contributed by atoms with Crippen molar-refractivity contribution in [2.45, 2.75) is 27.3 Å². The summed E-state index contributed by atoms with van der Waals surface area (Å²) in [6.45, 7) is 7.09. The Morgan fingerprint density at radius 2 is 1.79 bits per heavy atom. The van der Waals surface area contributed by atoms with E-state index in [-0.39, 0.29) is 0 Å².